The van der Waals surface area contributed by atoms with E-state index in [0.29, 0.717) is 28.9 Å². The number of ether oxygens (including phenoxy) is 1. The van der Waals surface area contributed by atoms with Crippen LogP contribution < -0.4 is 10.3 Å². The molecule has 1 N–H and O–H groups in total. The number of halogens is 2. The summed E-state index contributed by atoms with van der Waals surface area (Å²) in [5, 5.41) is 9.81. The van der Waals surface area contributed by atoms with E-state index in [0.717, 1.165) is 24.8 Å². The minimum absolute atomic E-state index is 0.149. The van der Waals surface area contributed by atoms with Crippen molar-refractivity contribution >= 4 is 23.2 Å². The molecule has 6 heteroatoms. The predicted octanol–water partition coefficient (Wildman–Crippen LogP) is 3.74. The number of aliphatic hydroxyl groups excluding tert-OH is 1. The number of benzene rings is 1. The van der Waals surface area contributed by atoms with E-state index in [4.69, 9.17) is 33.0 Å². The summed E-state index contributed by atoms with van der Waals surface area (Å²) in [4.78, 5) is 12.1. The SMILES string of the molecule is O=c1cc(OCCCCCO)ccn1Cc1ccc(Cl)cc1Cl. The molecule has 1 aromatic carbocycles. The Kier molecular flexibility index (Phi) is 6.96. The smallest absolute Gasteiger partial charge is 0.254 e. The normalized spacial score (nSPS) is 10.7. The van der Waals surface area contributed by atoms with Gasteiger partial charge in [0.05, 0.1) is 13.2 Å². The first kappa shape index (κ1) is 17.9. The Bertz CT molecular complexity index is 700. The average Bonchev–Trinajstić information content (AvgIpc) is 2.52. The number of aliphatic hydroxyl groups is 1. The van der Waals surface area contributed by atoms with Crippen LogP contribution in [0.2, 0.25) is 10.0 Å². The van der Waals surface area contributed by atoms with Gasteiger partial charge < -0.3 is 14.4 Å². The van der Waals surface area contributed by atoms with E-state index in [1.165, 1.54) is 6.07 Å². The fraction of sp³-hybridized carbons (Fsp3) is 0.353. The Balaban J connectivity index is 1.98. The van der Waals surface area contributed by atoms with Gasteiger partial charge in [-0.3, -0.25) is 4.79 Å². The molecule has 0 radical (unpaired) electrons. The summed E-state index contributed by atoms with van der Waals surface area (Å²) in [5.74, 6) is 0.553. The highest BCUT2D eigenvalue weighted by Crippen LogP contribution is 2.21. The van der Waals surface area contributed by atoms with Crippen LogP contribution in [0.1, 0.15) is 24.8 Å². The van der Waals surface area contributed by atoms with Crippen molar-refractivity contribution in [3.63, 3.8) is 0 Å². The Morgan fingerprint density at radius 2 is 1.91 bits per heavy atom. The van der Waals surface area contributed by atoms with Gasteiger partial charge in [-0.05, 0) is 43.0 Å². The van der Waals surface area contributed by atoms with E-state index in [1.807, 2.05) is 6.07 Å². The molecule has 2 rings (SSSR count). The van der Waals surface area contributed by atoms with E-state index in [9.17, 15) is 4.79 Å². The average molecular weight is 356 g/mol. The molecule has 0 saturated heterocycles. The maximum absolute atomic E-state index is 12.1. The number of hydrogen-bond acceptors (Lipinski definition) is 3. The number of pyridine rings is 1. The van der Waals surface area contributed by atoms with Crippen LogP contribution >= 0.6 is 23.2 Å². The van der Waals surface area contributed by atoms with E-state index >= 15 is 0 Å². The number of nitrogens with zero attached hydrogens (tertiary/aromatic N) is 1. The molecule has 23 heavy (non-hydrogen) atoms. The van der Waals surface area contributed by atoms with Gasteiger partial charge >= 0.3 is 0 Å². The molecule has 0 aliphatic rings. The van der Waals surface area contributed by atoms with Crippen molar-refractivity contribution in [3.8, 4) is 5.75 Å². The molecule has 0 saturated carbocycles. The van der Waals surface area contributed by atoms with Crippen molar-refractivity contribution in [3.05, 3.63) is 62.5 Å². The van der Waals surface area contributed by atoms with Gasteiger partial charge in [0, 0.05) is 28.9 Å². The van der Waals surface area contributed by atoms with Crippen molar-refractivity contribution in [1.82, 2.24) is 4.57 Å². The molecule has 1 aromatic heterocycles. The topological polar surface area (TPSA) is 51.5 Å². The van der Waals surface area contributed by atoms with Crippen LogP contribution in [0, 0.1) is 0 Å². The lowest BCUT2D eigenvalue weighted by Crippen LogP contribution is -2.19. The zero-order chi connectivity index (χ0) is 16.7. The van der Waals surface area contributed by atoms with Gasteiger partial charge in [-0.25, -0.2) is 0 Å². The molecule has 0 bridgehead atoms. The van der Waals surface area contributed by atoms with Crippen molar-refractivity contribution < 1.29 is 9.84 Å². The Morgan fingerprint density at radius 3 is 2.61 bits per heavy atom. The van der Waals surface area contributed by atoms with E-state index < -0.39 is 0 Å². The molecule has 0 fully saturated rings. The van der Waals surface area contributed by atoms with E-state index in [-0.39, 0.29) is 12.2 Å². The summed E-state index contributed by atoms with van der Waals surface area (Å²) < 4.78 is 7.10. The molecule has 0 amide bonds. The summed E-state index contributed by atoms with van der Waals surface area (Å²) >= 11 is 12.0. The highest BCUT2D eigenvalue weighted by Gasteiger charge is 2.05. The summed E-state index contributed by atoms with van der Waals surface area (Å²) in [6, 6.07) is 8.45. The first-order chi connectivity index (χ1) is 11.1. The molecule has 0 spiro atoms. The van der Waals surface area contributed by atoms with Gasteiger partial charge in [0.2, 0.25) is 0 Å². The zero-order valence-corrected chi connectivity index (χ0v) is 14.2. The van der Waals surface area contributed by atoms with Crippen molar-refractivity contribution in [1.29, 1.82) is 0 Å². The van der Waals surface area contributed by atoms with Gasteiger partial charge in [-0.2, -0.15) is 0 Å². The lowest BCUT2D eigenvalue weighted by atomic mass is 10.2. The van der Waals surface area contributed by atoms with Crippen molar-refractivity contribution in [2.75, 3.05) is 13.2 Å². The summed E-state index contributed by atoms with van der Waals surface area (Å²) in [7, 11) is 0. The molecule has 0 atom stereocenters. The fourth-order valence-electron chi connectivity index (χ4n) is 2.12. The standard InChI is InChI=1S/C17H19Cl2NO3/c18-14-5-4-13(16(19)10-14)12-20-7-6-15(11-17(20)22)23-9-3-1-2-8-21/h4-7,10-11,21H,1-3,8-9,12H2. The molecule has 124 valence electrons. The number of rotatable bonds is 8. The molecule has 1 heterocycles. The first-order valence-corrected chi connectivity index (χ1v) is 8.24. The third-order valence-electron chi connectivity index (χ3n) is 3.39. The Hall–Kier alpha value is -1.49. The quantitative estimate of drug-likeness (QED) is 0.733. The van der Waals surface area contributed by atoms with Gasteiger partial charge in [-0.1, -0.05) is 29.3 Å². The molecule has 0 aliphatic carbocycles. The van der Waals surface area contributed by atoms with Gasteiger partial charge in [0.15, 0.2) is 0 Å². The van der Waals surface area contributed by atoms with Crippen LogP contribution in [0.25, 0.3) is 0 Å². The molecular formula is C17H19Cl2NO3. The summed E-state index contributed by atoms with van der Waals surface area (Å²) in [6.07, 6.45) is 4.22. The number of unbranched alkanes of at least 4 members (excludes halogenated alkanes) is 2. The predicted molar refractivity (Wildman–Crippen MR) is 92.7 cm³/mol. The minimum atomic E-state index is -0.149. The third-order valence-corrected chi connectivity index (χ3v) is 3.98. The van der Waals surface area contributed by atoms with Gasteiger partial charge in [-0.15, -0.1) is 0 Å². The monoisotopic (exact) mass is 355 g/mol. The van der Waals surface area contributed by atoms with Crippen LogP contribution in [-0.4, -0.2) is 22.9 Å². The number of aromatic nitrogens is 1. The number of hydrogen-bond donors (Lipinski definition) is 1. The molecular weight excluding hydrogens is 337 g/mol. The van der Waals surface area contributed by atoms with Crippen LogP contribution in [-0.2, 0) is 6.54 Å². The zero-order valence-electron chi connectivity index (χ0n) is 12.7. The largest absolute Gasteiger partial charge is 0.493 e. The van der Waals surface area contributed by atoms with Crippen molar-refractivity contribution in [2.45, 2.75) is 25.8 Å². The second kappa shape index (κ2) is 8.96. The van der Waals surface area contributed by atoms with E-state index in [1.54, 1.807) is 29.0 Å². The van der Waals surface area contributed by atoms with Gasteiger partial charge in [0.25, 0.3) is 5.56 Å². The fourth-order valence-corrected chi connectivity index (χ4v) is 2.59. The highest BCUT2D eigenvalue weighted by atomic mass is 35.5. The maximum Gasteiger partial charge on any atom is 0.254 e. The third kappa shape index (κ3) is 5.57. The Labute approximate surface area is 145 Å². The highest BCUT2D eigenvalue weighted by molar-refractivity contribution is 6.35. The van der Waals surface area contributed by atoms with Crippen LogP contribution in [0.15, 0.2) is 41.3 Å². The molecule has 0 aliphatic heterocycles. The van der Waals surface area contributed by atoms with E-state index in [2.05, 4.69) is 0 Å². The lowest BCUT2D eigenvalue weighted by molar-refractivity contribution is 0.266. The maximum atomic E-state index is 12.1. The summed E-state index contributed by atoms with van der Waals surface area (Å²) in [5.41, 5.74) is 0.680. The Morgan fingerprint density at radius 1 is 1.09 bits per heavy atom. The molecule has 0 unspecified atom stereocenters. The second-order valence-corrected chi connectivity index (χ2v) is 6.04. The summed E-state index contributed by atoms with van der Waals surface area (Å²) in [6.45, 7) is 1.11. The van der Waals surface area contributed by atoms with Crippen LogP contribution in [0.3, 0.4) is 0 Å². The second-order valence-electron chi connectivity index (χ2n) is 5.20. The van der Waals surface area contributed by atoms with Gasteiger partial charge in [0.1, 0.15) is 5.75 Å². The molecule has 2 aromatic rings. The first-order valence-electron chi connectivity index (χ1n) is 7.48. The lowest BCUT2D eigenvalue weighted by Gasteiger charge is -2.10. The minimum Gasteiger partial charge on any atom is -0.493 e. The molecule has 4 nitrogen and oxygen atoms in total. The van der Waals surface area contributed by atoms with Crippen molar-refractivity contribution in [2.24, 2.45) is 0 Å². The van der Waals surface area contributed by atoms with Crippen LogP contribution in [0.4, 0.5) is 0 Å². The van der Waals surface area contributed by atoms with Crippen LogP contribution in [0.5, 0.6) is 5.75 Å².